The van der Waals surface area contributed by atoms with Crippen LogP contribution in [-0.2, 0) is 22.9 Å². The quantitative estimate of drug-likeness (QED) is 0.251. The van der Waals surface area contributed by atoms with Gasteiger partial charge in [-0.1, -0.05) is 0 Å². The van der Waals surface area contributed by atoms with Crippen molar-refractivity contribution < 1.29 is 68.0 Å². The number of hydrogen-bond donors (Lipinski definition) is 5. The lowest BCUT2D eigenvalue weighted by atomic mass is 9.93. The summed E-state index contributed by atoms with van der Waals surface area (Å²) >= 11 is 0. The molecule has 1 rings (SSSR count). The van der Waals surface area contributed by atoms with Gasteiger partial charge in [0.15, 0.2) is 6.29 Å². The van der Waals surface area contributed by atoms with E-state index in [0.29, 0.717) is 0 Å². The van der Waals surface area contributed by atoms with E-state index in [9.17, 15) is 54.2 Å². The van der Waals surface area contributed by atoms with Crippen LogP contribution in [-0.4, -0.2) is 75.1 Å². The van der Waals surface area contributed by atoms with Crippen LogP contribution in [0.5, 0.6) is 0 Å². The van der Waals surface area contributed by atoms with Crippen molar-refractivity contribution in [2.24, 2.45) is 0 Å². The molecule has 1 heterocycles. The molecule has 144 valence electrons. The Balaban J connectivity index is 2.83. The smallest absolute Gasteiger partial charge is 0.191 e. The predicted octanol–water partition coefficient (Wildman–Crippen LogP) is -6.79. The molecular weight excluding hydrogens is 382 g/mol. The zero-order valence-electron chi connectivity index (χ0n) is 11.6. The maximum absolute atomic E-state index is 10.5. The van der Waals surface area contributed by atoms with Gasteiger partial charge in [0, 0.05) is 0 Å². The zero-order valence-corrected chi connectivity index (χ0v) is 13.3. The molecule has 7 atom stereocenters. The summed E-state index contributed by atoms with van der Waals surface area (Å²) in [7, 11) is -11.2. The summed E-state index contributed by atoms with van der Waals surface area (Å²) in [6.07, 6.45) is -15.2. The minimum absolute atomic E-state index is 1.25. The number of hydrogen-bond acceptors (Lipinski definition) is 14. The van der Waals surface area contributed by atoms with Gasteiger partial charge in [-0.2, -0.15) is 0 Å². The average Bonchev–Trinajstić information content (AvgIpc) is 2.42. The number of phosphoric acid groups is 2. The van der Waals surface area contributed by atoms with Crippen LogP contribution in [0.15, 0.2) is 0 Å². The Morgan fingerprint density at radius 1 is 0.958 bits per heavy atom. The van der Waals surface area contributed by atoms with Gasteiger partial charge in [-0.15, -0.1) is 0 Å². The van der Waals surface area contributed by atoms with E-state index in [1.54, 1.807) is 0 Å². The molecule has 0 aromatic heterocycles. The van der Waals surface area contributed by atoms with Gasteiger partial charge in [0.25, 0.3) is 0 Å². The molecule has 0 aromatic rings. The lowest BCUT2D eigenvalue weighted by molar-refractivity contribution is -0.372. The first kappa shape index (κ1) is 22.0. The SMILES string of the molecule is O=P([O-])([O-])OC[C@@H](O)[C@@H](O)C1O[C@H](OP(=O)([O-])[O-])[C@H](O)[C@@H](O)[C@@H]1O. The van der Waals surface area contributed by atoms with Gasteiger partial charge in [-0.3, -0.25) is 0 Å². The van der Waals surface area contributed by atoms with E-state index >= 15 is 0 Å². The van der Waals surface area contributed by atoms with Crippen molar-refractivity contribution in [3.63, 3.8) is 0 Å². The van der Waals surface area contributed by atoms with Crippen molar-refractivity contribution in [1.29, 1.82) is 0 Å². The predicted molar refractivity (Wildman–Crippen MR) is 60.9 cm³/mol. The first-order chi connectivity index (χ1) is 10.7. The van der Waals surface area contributed by atoms with Gasteiger partial charge < -0.3 is 68.0 Å². The number of aliphatic hydroxyl groups excluding tert-OH is 5. The van der Waals surface area contributed by atoms with Gasteiger partial charge in [0.05, 0.1) is 22.3 Å². The highest BCUT2D eigenvalue weighted by molar-refractivity contribution is 7.43. The maximum atomic E-state index is 10.5. The van der Waals surface area contributed by atoms with Crippen LogP contribution in [0.2, 0.25) is 0 Å². The highest BCUT2D eigenvalue weighted by atomic mass is 31.2. The van der Waals surface area contributed by atoms with Crippen LogP contribution in [0.25, 0.3) is 0 Å². The van der Waals surface area contributed by atoms with Gasteiger partial charge in [0.2, 0.25) is 0 Å². The van der Waals surface area contributed by atoms with Gasteiger partial charge >= 0.3 is 0 Å². The molecule has 5 N–H and O–H groups in total. The Morgan fingerprint density at radius 3 is 1.96 bits per heavy atom. The fraction of sp³-hybridized carbons (Fsp3) is 1.00. The van der Waals surface area contributed by atoms with Gasteiger partial charge in [-0.25, -0.2) is 0 Å². The highest BCUT2D eigenvalue weighted by Crippen LogP contribution is 2.34. The molecule has 1 unspecified atom stereocenters. The maximum Gasteiger partial charge on any atom is 0.191 e. The molecule has 1 fully saturated rings. The Bertz CT molecular complexity index is 501. The minimum Gasteiger partial charge on any atom is -0.790 e. The summed E-state index contributed by atoms with van der Waals surface area (Å²) in [5.74, 6) is 0. The third-order valence-electron chi connectivity index (χ3n) is 2.97. The molecule has 1 saturated heterocycles. The number of aliphatic hydroxyl groups is 5. The van der Waals surface area contributed by atoms with Crippen LogP contribution >= 0.6 is 15.6 Å². The van der Waals surface area contributed by atoms with Crippen molar-refractivity contribution in [3.8, 4) is 0 Å². The van der Waals surface area contributed by atoms with Crippen molar-refractivity contribution in [1.82, 2.24) is 0 Å². The van der Waals surface area contributed by atoms with E-state index in [0.717, 1.165) is 0 Å². The second-order valence-corrected chi connectivity index (χ2v) is 7.05. The number of phosphoric ester groups is 2. The molecule has 0 bridgehead atoms. The van der Waals surface area contributed by atoms with Crippen molar-refractivity contribution >= 4 is 15.6 Å². The second-order valence-electron chi connectivity index (χ2n) is 4.79. The molecule has 24 heavy (non-hydrogen) atoms. The van der Waals surface area contributed by atoms with Crippen LogP contribution < -0.4 is 19.6 Å². The molecule has 0 radical (unpaired) electrons. The van der Waals surface area contributed by atoms with E-state index in [-0.39, 0.29) is 0 Å². The lowest BCUT2D eigenvalue weighted by Gasteiger charge is -2.45. The molecular formula is C8H14O14P2-4. The van der Waals surface area contributed by atoms with E-state index in [1.165, 1.54) is 0 Å². The lowest BCUT2D eigenvalue weighted by Crippen LogP contribution is -2.63. The summed E-state index contributed by atoms with van der Waals surface area (Å²) in [4.78, 5) is 41.6. The molecule has 0 amide bonds. The largest absolute Gasteiger partial charge is 0.790 e. The molecule has 1 aliphatic heterocycles. The zero-order chi connectivity index (χ0) is 18.9. The van der Waals surface area contributed by atoms with E-state index in [1.807, 2.05) is 0 Å². The highest BCUT2D eigenvalue weighted by Gasteiger charge is 2.48. The Hall–Kier alpha value is -0.0200. The number of ether oxygens (including phenoxy) is 1. The minimum atomic E-state index is -5.70. The molecule has 0 aromatic carbocycles. The standard InChI is InChI=1S/C8H18O14P2/c9-2(1-20-23(14,15)16)3(10)7-5(12)4(11)6(13)8(21-7)22-24(17,18)19/h2-13H,1H2,(H2,14,15,16)(H2,17,18,19)/p-4/t2-,3-,4+,5+,6-,7?,8-/m1/s1. The Kier molecular flexibility index (Phi) is 7.45. The Morgan fingerprint density at radius 2 is 1.50 bits per heavy atom. The van der Waals surface area contributed by atoms with Crippen LogP contribution in [0.1, 0.15) is 0 Å². The van der Waals surface area contributed by atoms with Crippen LogP contribution in [0.3, 0.4) is 0 Å². The normalized spacial score (nSPS) is 34.8. The Labute approximate surface area is 134 Å². The third-order valence-corrected chi connectivity index (χ3v) is 3.91. The van der Waals surface area contributed by atoms with Crippen LogP contribution in [0, 0.1) is 0 Å². The van der Waals surface area contributed by atoms with E-state index in [4.69, 9.17) is 0 Å². The first-order valence-corrected chi connectivity index (χ1v) is 9.08. The second kappa shape index (κ2) is 8.12. The fourth-order valence-corrected chi connectivity index (χ4v) is 2.62. The van der Waals surface area contributed by atoms with Gasteiger partial charge in [-0.05, 0) is 0 Å². The molecule has 1 aliphatic rings. The molecule has 0 aliphatic carbocycles. The summed E-state index contributed by atoms with van der Waals surface area (Å²) in [6.45, 7) is -1.25. The molecule has 0 saturated carbocycles. The van der Waals surface area contributed by atoms with E-state index in [2.05, 4.69) is 13.8 Å². The summed E-state index contributed by atoms with van der Waals surface area (Å²) in [6, 6.07) is 0. The summed E-state index contributed by atoms with van der Waals surface area (Å²) in [5.41, 5.74) is 0. The van der Waals surface area contributed by atoms with Crippen LogP contribution in [0.4, 0.5) is 0 Å². The first-order valence-electron chi connectivity index (χ1n) is 6.16. The van der Waals surface area contributed by atoms with Crippen molar-refractivity contribution in [2.45, 2.75) is 42.9 Å². The topological polar surface area (TPSA) is 255 Å². The monoisotopic (exact) mass is 396 g/mol. The molecule has 16 heteroatoms. The summed E-state index contributed by atoms with van der Waals surface area (Å²) < 4.78 is 33.0. The van der Waals surface area contributed by atoms with E-state index < -0.39 is 65.2 Å². The third kappa shape index (κ3) is 6.37. The summed E-state index contributed by atoms with van der Waals surface area (Å²) in [5, 5.41) is 47.9. The molecule has 0 spiro atoms. The van der Waals surface area contributed by atoms with Crippen molar-refractivity contribution in [2.75, 3.05) is 6.61 Å². The average molecular weight is 396 g/mol. The number of rotatable bonds is 7. The molecule has 14 nitrogen and oxygen atoms in total. The van der Waals surface area contributed by atoms with Crippen molar-refractivity contribution in [3.05, 3.63) is 0 Å². The fourth-order valence-electron chi connectivity index (χ4n) is 1.86. The van der Waals surface area contributed by atoms with Gasteiger partial charge in [0.1, 0.15) is 36.6 Å².